The third-order valence-electron chi connectivity index (χ3n) is 5.79. The zero-order valence-electron chi connectivity index (χ0n) is 17.2. The van der Waals surface area contributed by atoms with Gasteiger partial charge in [0.05, 0.1) is 11.1 Å². The smallest absolute Gasteiger partial charge is 0.326 e. The number of carbonyl (C=O) groups is 2. The molecule has 5 nitrogen and oxygen atoms in total. The van der Waals surface area contributed by atoms with Crippen molar-refractivity contribution in [3.63, 3.8) is 0 Å². The summed E-state index contributed by atoms with van der Waals surface area (Å²) >= 11 is 0. The minimum absolute atomic E-state index is 0.173. The summed E-state index contributed by atoms with van der Waals surface area (Å²) in [5.41, 5.74) is 2.00. The fourth-order valence-corrected chi connectivity index (χ4v) is 4.26. The predicted octanol–water partition coefficient (Wildman–Crippen LogP) is 4.97. The topological polar surface area (TPSA) is 79.3 Å². The van der Waals surface area contributed by atoms with Gasteiger partial charge >= 0.3 is 5.97 Å². The number of pyridine rings is 1. The van der Waals surface area contributed by atoms with Crippen LogP contribution in [-0.2, 0) is 11.2 Å². The summed E-state index contributed by atoms with van der Waals surface area (Å²) in [5.74, 6) is -1.51. The number of nitrogens with zero attached hydrogens (tertiary/aromatic N) is 1. The normalized spacial score (nSPS) is 12.1. The van der Waals surface area contributed by atoms with Gasteiger partial charge in [-0.05, 0) is 45.3 Å². The van der Waals surface area contributed by atoms with E-state index in [-0.39, 0.29) is 6.42 Å². The Morgan fingerprint density at radius 1 is 0.812 bits per heavy atom. The highest BCUT2D eigenvalue weighted by Crippen LogP contribution is 2.29. The molecule has 0 radical (unpaired) electrons. The molecule has 5 heteroatoms. The lowest BCUT2D eigenvalue weighted by Crippen LogP contribution is -2.42. The molecule has 1 atom stereocenters. The van der Waals surface area contributed by atoms with Crippen molar-refractivity contribution in [1.82, 2.24) is 10.3 Å². The fourth-order valence-electron chi connectivity index (χ4n) is 4.26. The molecule has 1 heterocycles. The van der Waals surface area contributed by atoms with Gasteiger partial charge in [-0.1, -0.05) is 66.7 Å². The van der Waals surface area contributed by atoms with Crippen LogP contribution in [0.5, 0.6) is 0 Å². The number of hydrogen-bond donors (Lipinski definition) is 2. The molecule has 0 unspecified atom stereocenters. The summed E-state index contributed by atoms with van der Waals surface area (Å²) in [5, 5.41) is 17.4. The molecule has 5 aromatic rings. The molecular formula is C27H20N2O3. The Hall–Kier alpha value is -4.25. The van der Waals surface area contributed by atoms with Crippen LogP contribution in [0.3, 0.4) is 0 Å². The largest absolute Gasteiger partial charge is 0.480 e. The molecule has 0 saturated heterocycles. The van der Waals surface area contributed by atoms with Crippen LogP contribution in [0.4, 0.5) is 0 Å². The van der Waals surface area contributed by atoms with Crippen molar-refractivity contribution in [2.24, 2.45) is 0 Å². The van der Waals surface area contributed by atoms with Gasteiger partial charge in [-0.2, -0.15) is 0 Å². The average molecular weight is 420 g/mol. The zero-order valence-corrected chi connectivity index (χ0v) is 17.2. The van der Waals surface area contributed by atoms with Gasteiger partial charge in [0.1, 0.15) is 6.04 Å². The second-order valence-corrected chi connectivity index (χ2v) is 7.74. The Morgan fingerprint density at radius 2 is 1.41 bits per heavy atom. The van der Waals surface area contributed by atoms with Crippen molar-refractivity contribution in [1.29, 1.82) is 0 Å². The number of para-hydroxylation sites is 1. The van der Waals surface area contributed by atoms with Crippen LogP contribution in [0.15, 0.2) is 91.1 Å². The van der Waals surface area contributed by atoms with Gasteiger partial charge in [0, 0.05) is 18.0 Å². The standard InChI is InChI=1S/C27H20N2O3/c30-26(22-13-14-28-24-12-6-5-11-21(22)24)29-25(27(31)32)16-23-19-9-3-1-7-17(19)15-18-8-2-4-10-20(18)23/h1-15,25H,16H2,(H,29,30)(H,31,32)/t25-/m1/s1. The molecular weight excluding hydrogens is 400 g/mol. The lowest BCUT2D eigenvalue weighted by atomic mass is 9.92. The first-order chi connectivity index (χ1) is 15.6. The van der Waals surface area contributed by atoms with Crippen LogP contribution < -0.4 is 5.32 Å². The summed E-state index contributed by atoms with van der Waals surface area (Å²) in [7, 11) is 0. The van der Waals surface area contributed by atoms with Crippen LogP contribution in [0.25, 0.3) is 32.4 Å². The molecule has 156 valence electrons. The van der Waals surface area contributed by atoms with E-state index in [0.717, 1.165) is 27.1 Å². The molecule has 0 saturated carbocycles. The molecule has 0 fully saturated rings. The van der Waals surface area contributed by atoms with Crippen LogP contribution in [0.1, 0.15) is 15.9 Å². The average Bonchev–Trinajstić information content (AvgIpc) is 2.82. The van der Waals surface area contributed by atoms with Gasteiger partial charge < -0.3 is 10.4 Å². The van der Waals surface area contributed by atoms with E-state index in [4.69, 9.17) is 0 Å². The van der Waals surface area contributed by atoms with E-state index in [2.05, 4.69) is 16.4 Å². The number of carboxylic acids is 1. The number of carbonyl (C=O) groups excluding carboxylic acids is 1. The Labute approximate surface area is 184 Å². The number of hydrogen-bond acceptors (Lipinski definition) is 3. The van der Waals surface area contributed by atoms with E-state index in [1.165, 1.54) is 0 Å². The summed E-state index contributed by atoms with van der Waals surface area (Å²) in [6, 6.07) is 25.8. The predicted molar refractivity (Wildman–Crippen MR) is 126 cm³/mol. The molecule has 0 bridgehead atoms. The molecule has 0 aliphatic rings. The number of aromatic nitrogens is 1. The minimum Gasteiger partial charge on any atom is -0.480 e. The number of fused-ring (bicyclic) bond motifs is 3. The summed E-state index contributed by atoms with van der Waals surface area (Å²) < 4.78 is 0. The van der Waals surface area contributed by atoms with Crippen molar-refractivity contribution in [2.45, 2.75) is 12.5 Å². The summed E-state index contributed by atoms with van der Waals surface area (Å²) in [6.45, 7) is 0. The second-order valence-electron chi connectivity index (χ2n) is 7.74. The van der Waals surface area contributed by atoms with Crippen molar-refractivity contribution in [2.75, 3.05) is 0 Å². The maximum atomic E-state index is 13.1. The van der Waals surface area contributed by atoms with Gasteiger partial charge in [0.25, 0.3) is 5.91 Å². The molecule has 2 N–H and O–H groups in total. The molecule has 1 amide bonds. The van der Waals surface area contributed by atoms with Crippen LogP contribution in [-0.4, -0.2) is 28.0 Å². The number of aliphatic carboxylic acids is 1. The second kappa shape index (κ2) is 8.12. The summed E-state index contributed by atoms with van der Waals surface area (Å²) in [4.78, 5) is 29.5. The highest BCUT2D eigenvalue weighted by molar-refractivity contribution is 6.07. The van der Waals surface area contributed by atoms with E-state index in [1.54, 1.807) is 12.3 Å². The molecule has 0 aliphatic carbocycles. The van der Waals surface area contributed by atoms with Gasteiger partial charge in [-0.15, -0.1) is 0 Å². The van der Waals surface area contributed by atoms with Gasteiger partial charge in [0.2, 0.25) is 0 Å². The van der Waals surface area contributed by atoms with Crippen molar-refractivity contribution < 1.29 is 14.7 Å². The Balaban J connectivity index is 1.55. The van der Waals surface area contributed by atoms with Crippen molar-refractivity contribution in [3.8, 4) is 0 Å². The Bertz CT molecular complexity index is 1430. The first-order valence-corrected chi connectivity index (χ1v) is 10.4. The van der Waals surface area contributed by atoms with Crippen LogP contribution >= 0.6 is 0 Å². The molecule has 32 heavy (non-hydrogen) atoms. The maximum Gasteiger partial charge on any atom is 0.326 e. The van der Waals surface area contributed by atoms with E-state index in [0.29, 0.717) is 16.5 Å². The lowest BCUT2D eigenvalue weighted by molar-refractivity contribution is -0.139. The van der Waals surface area contributed by atoms with E-state index < -0.39 is 17.9 Å². The Kier molecular flexibility index (Phi) is 5.00. The quantitative estimate of drug-likeness (QED) is 0.394. The minimum atomic E-state index is -1.08. The SMILES string of the molecule is O=C(N[C@H](Cc1c2ccccc2cc2ccccc12)C(=O)O)c1ccnc2ccccc12. The highest BCUT2D eigenvalue weighted by atomic mass is 16.4. The first-order valence-electron chi connectivity index (χ1n) is 10.4. The monoisotopic (exact) mass is 420 g/mol. The van der Waals surface area contributed by atoms with Crippen LogP contribution in [0.2, 0.25) is 0 Å². The van der Waals surface area contributed by atoms with Gasteiger partial charge in [-0.25, -0.2) is 4.79 Å². The number of amides is 1. The zero-order chi connectivity index (χ0) is 22.1. The number of rotatable bonds is 5. The van der Waals surface area contributed by atoms with E-state index in [1.807, 2.05) is 72.8 Å². The van der Waals surface area contributed by atoms with Gasteiger partial charge in [-0.3, -0.25) is 9.78 Å². The van der Waals surface area contributed by atoms with Crippen LogP contribution in [0, 0.1) is 0 Å². The third kappa shape index (κ3) is 3.54. The molecule has 0 spiro atoms. The first kappa shape index (κ1) is 19.7. The number of carboxylic acid groups (broad SMARTS) is 1. The highest BCUT2D eigenvalue weighted by Gasteiger charge is 2.24. The third-order valence-corrected chi connectivity index (χ3v) is 5.79. The Morgan fingerprint density at radius 3 is 2.06 bits per heavy atom. The number of benzene rings is 4. The molecule has 1 aromatic heterocycles. The lowest BCUT2D eigenvalue weighted by Gasteiger charge is -2.18. The van der Waals surface area contributed by atoms with E-state index in [9.17, 15) is 14.7 Å². The van der Waals surface area contributed by atoms with Gasteiger partial charge in [0.15, 0.2) is 0 Å². The number of nitrogens with one attached hydrogen (secondary N) is 1. The molecule has 4 aromatic carbocycles. The molecule has 0 aliphatic heterocycles. The molecule has 5 rings (SSSR count). The van der Waals surface area contributed by atoms with E-state index >= 15 is 0 Å². The summed E-state index contributed by atoms with van der Waals surface area (Å²) in [6.07, 6.45) is 1.73. The van der Waals surface area contributed by atoms with Crippen molar-refractivity contribution >= 4 is 44.3 Å². The van der Waals surface area contributed by atoms with Crippen molar-refractivity contribution in [3.05, 3.63) is 102 Å². The maximum absolute atomic E-state index is 13.1. The fraction of sp³-hybridized carbons (Fsp3) is 0.0741.